The van der Waals surface area contributed by atoms with E-state index in [-0.39, 0.29) is 5.91 Å². The Morgan fingerprint density at radius 2 is 1.74 bits per heavy atom. The third kappa shape index (κ3) is 5.11. The lowest BCUT2D eigenvalue weighted by Crippen LogP contribution is -2.42. The van der Waals surface area contributed by atoms with E-state index in [0.717, 1.165) is 16.9 Å². The molecule has 0 spiro atoms. The fourth-order valence-electron chi connectivity index (χ4n) is 2.45. The molecule has 1 amide bonds. The summed E-state index contributed by atoms with van der Waals surface area (Å²) in [6, 6.07) is 17.1. The molecule has 0 aliphatic heterocycles. The van der Waals surface area contributed by atoms with Crippen molar-refractivity contribution >= 4 is 5.91 Å². The van der Waals surface area contributed by atoms with Crippen LogP contribution in [0, 0.1) is 0 Å². The number of likely N-dealkylation sites (N-methyl/N-ethyl adjacent to an activating group) is 1. The highest BCUT2D eigenvalue weighted by Gasteiger charge is 2.18. The normalized spacial score (nSPS) is 11.8. The van der Waals surface area contributed by atoms with Gasteiger partial charge in [0.05, 0.1) is 12.6 Å². The Balaban J connectivity index is 1.91. The molecule has 0 bridgehead atoms. The first-order valence-corrected chi connectivity index (χ1v) is 7.86. The molecular formula is C19H24N2O2. The number of benzene rings is 2. The van der Waals surface area contributed by atoms with Gasteiger partial charge in [0.15, 0.2) is 0 Å². The predicted molar refractivity (Wildman–Crippen MR) is 92.2 cm³/mol. The molecule has 122 valence electrons. The largest absolute Gasteiger partial charge is 0.494 e. The smallest absolute Gasteiger partial charge is 0.239 e. The molecule has 2 rings (SSSR count). The van der Waals surface area contributed by atoms with Gasteiger partial charge in [-0.1, -0.05) is 42.5 Å². The van der Waals surface area contributed by atoms with Crippen molar-refractivity contribution in [2.45, 2.75) is 25.9 Å². The second kappa shape index (κ2) is 8.34. The van der Waals surface area contributed by atoms with Crippen LogP contribution in [0.5, 0.6) is 5.75 Å². The summed E-state index contributed by atoms with van der Waals surface area (Å²) in [6.07, 6.45) is 0.549. The van der Waals surface area contributed by atoms with Crippen LogP contribution in [0.15, 0.2) is 54.6 Å². The summed E-state index contributed by atoms with van der Waals surface area (Å²) in [5.74, 6) is 0.786. The van der Waals surface area contributed by atoms with Crippen LogP contribution in [0.25, 0.3) is 0 Å². The zero-order valence-corrected chi connectivity index (χ0v) is 13.7. The van der Waals surface area contributed by atoms with E-state index in [4.69, 9.17) is 10.5 Å². The van der Waals surface area contributed by atoms with Gasteiger partial charge in [-0.3, -0.25) is 4.79 Å². The maximum absolute atomic E-state index is 12.4. The van der Waals surface area contributed by atoms with Crippen LogP contribution in [-0.2, 0) is 17.8 Å². The summed E-state index contributed by atoms with van der Waals surface area (Å²) in [7, 11) is 1.78. The van der Waals surface area contributed by atoms with E-state index in [2.05, 4.69) is 0 Å². The summed E-state index contributed by atoms with van der Waals surface area (Å²) < 4.78 is 5.42. The van der Waals surface area contributed by atoms with Crippen molar-refractivity contribution in [2.75, 3.05) is 13.7 Å². The SMILES string of the molecule is CCOc1ccc(CN(C)C(=O)[C@@H](N)Cc2ccccc2)cc1. The fourth-order valence-corrected chi connectivity index (χ4v) is 2.45. The minimum Gasteiger partial charge on any atom is -0.494 e. The Morgan fingerprint density at radius 1 is 1.09 bits per heavy atom. The fraction of sp³-hybridized carbons (Fsp3) is 0.316. The van der Waals surface area contributed by atoms with Crippen LogP contribution in [0.2, 0.25) is 0 Å². The molecule has 4 heteroatoms. The highest BCUT2D eigenvalue weighted by molar-refractivity contribution is 5.81. The van der Waals surface area contributed by atoms with Crippen molar-refractivity contribution in [3.63, 3.8) is 0 Å². The summed E-state index contributed by atoms with van der Waals surface area (Å²) in [4.78, 5) is 14.1. The molecule has 0 heterocycles. The molecular weight excluding hydrogens is 288 g/mol. The molecule has 0 unspecified atom stereocenters. The molecule has 2 aromatic rings. The number of nitrogens with zero attached hydrogens (tertiary/aromatic N) is 1. The summed E-state index contributed by atoms with van der Waals surface area (Å²) in [6.45, 7) is 3.13. The van der Waals surface area contributed by atoms with E-state index < -0.39 is 6.04 Å². The van der Waals surface area contributed by atoms with Gasteiger partial charge >= 0.3 is 0 Å². The average Bonchev–Trinajstić information content (AvgIpc) is 2.57. The Hall–Kier alpha value is -2.33. The summed E-state index contributed by atoms with van der Waals surface area (Å²) >= 11 is 0. The summed E-state index contributed by atoms with van der Waals surface area (Å²) in [5.41, 5.74) is 8.18. The molecule has 2 aromatic carbocycles. The molecule has 0 radical (unpaired) electrons. The molecule has 0 aliphatic carbocycles. The number of ether oxygens (including phenoxy) is 1. The number of hydrogen-bond acceptors (Lipinski definition) is 3. The van der Waals surface area contributed by atoms with E-state index in [1.165, 1.54) is 0 Å². The quantitative estimate of drug-likeness (QED) is 0.855. The molecule has 1 atom stereocenters. The van der Waals surface area contributed by atoms with Crippen LogP contribution in [0.3, 0.4) is 0 Å². The van der Waals surface area contributed by atoms with Gasteiger partial charge in [0, 0.05) is 13.6 Å². The highest BCUT2D eigenvalue weighted by atomic mass is 16.5. The van der Waals surface area contributed by atoms with E-state index in [1.807, 2.05) is 61.5 Å². The first-order valence-electron chi connectivity index (χ1n) is 7.86. The average molecular weight is 312 g/mol. The Bertz CT molecular complexity index is 611. The van der Waals surface area contributed by atoms with Crippen LogP contribution < -0.4 is 10.5 Å². The third-order valence-corrected chi connectivity index (χ3v) is 3.65. The number of amides is 1. The Morgan fingerprint density at radius 3 is 2.35 bits per heavy atom. The van der Waals surface area contributed by atoms with E-state index in [0.29, 0.717) is 19.6 Å². The number of nitrogens with two attached hydrogens (primary N) is 1. The van der Waals surface area contributed by atoms with Gasteiger partial charge in [-0.2, -0.15) is 0 Å². The highest BCUT2D eigenvalue weighted by Crippen LogP contribution is 2.14. The lowest BCUT2D eigenvalue weighted by molar-refractivity contribution is -0.131. The van der Waals surface area contributed by atoms with E-state index in [1.54, 1.807) is 11.9 Å². The zero-order valence-electron chi connectivity index (χ0n) is 13.7. The van der Waals surface area contributed by atoms with Crippen molar-refractivity contribution in [1.29, 1.82) is 0 Å². The Kier molecular flexibility index (Phi) is 6.18. The second-order valence-electron chi connectivity index (χ2n) is 5.57. The molecule has 23 heavy (non-hydrogen) atoms. The van der Waals surface area contributed by atoms with Crippen molar-refractivity contribution in [3.8, 4) is 5.75 Å². The molecule has 0 saturated carbocycles. The maximum atomic E-state index is 12.4. The van der Waals surface area contributed by atoms with Gasteiger partial charge < -0.3 is 15.4 Å². The predicted octanol–water partition coefficient (Wildman–Crippen LogP) is 2.61. The van der Waals surface area contributed by atoms with E-state index >= 15 is 0 Å². The molecule has 4 nitrogen and oxygen atoms in total. The van der Waals surface area contributed by atoms with Crippen LogP contribution in [0.1, 0.15) is 18.1 Å². The first-order chi connectivity index (χ1) is 11.1. The zero-order chi connectivity index (χ0) is 16.7. The van der Waals surface area contributed by atoms with Crippen molar-refractivity contribution in [1.82, 2.24) is 4.90 Å². The van der Waals surface area contributed by atoms with Crippen LogP contribution in [0.4, 0.5) is 0 Å². The van der Waals surface area contributed by atoms with Gasteiger partial charge in [-0.25, -0.2) is 0 Å². The van der Waals surface area contributed by atoms with Crippen LogP contribution >= 0.6 is 0 Å². The molecule has 2 N–H and O–H groups in total. The molecule has 0 saturated heterocycles. The Labute approximate surface area is 137 Å². The molecule has 0 fully saturated rings. The lowest BCUT2D eigenvalue weighted by atomic mass is 10.1. The number of rotatable bonds is 7. The van der Waals surface area contributed by atoms with Gasteiger partial charge in [-0.05, 0) is 36.6 Å². The standard InChI is InChI=1S/C19H24N2O2/c1-3-23-17-11-9-16(10-12-17)14-21(2)19(22)18(20)13-15-7-5-4-6-8-15/h4-12,18H,3,13-14,20H2,1-2H3/t18-/m0/s1. The van der Waals surface area contributed by atoms with Crippen molar-refractivity contribution in [3.05, 3.63) is 65.7 Å². The summed E-state index contributed by atoms with van der Waals surface area (Å²) in [5, 5.41) is 0. The minimum absolute atomic E-state index is 0.0530. The van der Waals surface area contributed by atoms with E-state index in [9.17, 15) is 4.79 Å². The minimum atomic E-state index is -0.523. The molecule has 0 aliphatic rings. The third-order valence-electron chi connectivity index (χ3n) is 3.65. The van der Waals surface area contributed by atoms with Gasteiger partial charge in [0.25, 0.3) is 0 Å². The van der Waals surface area contributed by atoms with Crippen molar-refractivity contribution in [2.24, 2.45) is 5.73 Å². The maximum Gasteiger partial charge on any atom is 0.239 e. The number of hydrogen-bond donors (Lipinski definition) is 1. The monoisotopic (exact) mass is 312 g/mol. The number of carbonyl (C=O) groups excluding carboxylic acids is 1. The van der Waals surface area contributed by atoms with Gasteiger partial charge in [0.1, 0.15) is 5.75 Å². The topological polar surface area (TPSA) is 55.6 Å². The first kappa shape index (κ1) is 17.0. The van der Waals surface area contributed by atoms with Gasteiger partial charge in [-0.15, -0.1) is 0 Å². The second-order valence-corrected chi connectivity index (χ2v) is 5.57. The van der Waals surface area contributed by atoms with Crippen LogP contribution in [-0.4, -0.2) is 30.5 Å². The van der Waals surface area contributed by atoms with Gasteiger partial charge in [0.2, 0.25) is 5.91 Å². The lowest BCUT2D eigenvalue weighted by Gasteiger charge is -2.21. The van der Waals surface area contributed by atoms with Crippen molar-refractivity contribution < 1.29 is 9.53 Å². The number of carbonyl (C=O) groups is 1. The molecule has 0 aromatic heterocycles.